The molecular weight excluding hydrogens is 536 g/mol. The van der Waals surface area contributed by atoms with Gasteiger partial charge < -0.3 is 4.74 Å². The fourth-order valence-corrected chi connectivity index (χ4v) is 5.76. The largest absolute Gasteiger partial charge is 0.497 e. The van der Waals surface area contributed by atoms with Crippen molar-refractivity contribution in [1.29, 1.82) is 0 Å². The number of nitrogens with zero attached hydrogens (tertiary/aromatic N) is 3. The highest BCUT2D eigenvalue weighted by atomic mass is 35.5. The van der Waals surface area contributed by atoms with E-state index in [-0.39, 0.29) is 29.9 Å². The minimum absolute atomic E-state index is 0.00314. The van der Waals surface area contributed by atoms with Gasteiger partial charge in [-0.2, -0.15) is 4.31 Å². The Morgan fingerprint density at radius 2 is 1.77 bits per heavy atom. The van der Waals surface area contributed by atoms with Gasteiger partial charge in [0.25, 0.3) is 0 Å². The van der Waals surface area contributed by atoms with E-state index in [9.17, 15) is 13.2 Å². The molecule has 8 nitrogen and oxygen atoms in total. The molecule has 0 aliphatic rings. The molecule has 0 saturated carbocycles. The highest BCUT2D eigenvalue weighted by Gasteiger charge is 2.28. The second kappa shape index (κ2) is 12.0. The highest BCUT2D eigenvalue weighted by Crippen LogP contribution is 2.26. The van der Waals surface area contributed by atoms with Crippen molar-refractivity contribution in [2.75, 3.05) is 25.5 Å². The second-order valence-electron chi connectivity index (χ2n) is 9.58. The average Bonchev–Trinajstić information content (AvgIpc) is 3.32. The number of carbonyl (C=O) groups excluding carboxylic acids is 1. The van der Waals surface area contributed by atoms with E-state index in [4.69, 9.17) is 16.3 Å². The van der Waals surface area contributed by atoms with Crippen LogP contribution in [0.1, 0.15) is 19.4 Å². The molecule has 0 atom stereocenters. The van der Waals surface area contributed by atoms with Crippen molar-refractivity contribution in [1.82, 2.24) is 13.9 Å². The summed E-state index contributed by atoms with van der Waals surface area (Å²) in [5.74, 6) is 0.315. The van der Waals surface area contributed by atoms with Crippen molar-refractivity contribution >= 4 is 33.5 Å². The number of carbonyl (C=O) groups is 1. The van der Waals surface area contributed by atoms with Crippen molar-refractivity contribution in [3.63, 3.8) is 0 Å². The predicted octanol–water partition coefficient (Wildman–Crippen LogP) is 5.80. The van der Waals surface area contributed by atoms with E-state index < -0.39 is 15.9 Å². The molecule has 1 heterocycles. The number of anilines is 1. The monoisotopic (exact) mass is 566 g/mol. The molecule has 4 aromatic rings. The summed E-state index contributed by atoms with van der Waals surface area (Å²) < 4.78 is 35.1. The van der Waals surface area contributed by atoms with Crippen molar-refractivity contribution in [2.24, 2.45) is 5.92 Å². The maximum Gasteiger partial charge on any atom is 0.243 e. The van der Waals surface area contributed by atoms with Gasteiger partial charge in [0.05, 0.1) is 24.2 Å². The first kappa shape index (κ1) is 28.4. The van der Waals surface area contributed by atoms with Crippen LogP contribution in [0.3, 0.4) is 0 Å². The number of methoxy groups -OCH3 is 1. The maximum atomic E-state index is 13.5. The number of benzene rings is 3. The van der Waals surface area contributed by atoms with Crippen LogP contribution in [0.25, 0.3) is 16.9 Å². The zero-order valence-corrected chi connectivity index (χ0v) is 23.8. The lowest BCUT2D eigenvalue weighted by atomic mass is 10.2. The van der Waals surface area contributed by atoms with Crippen LogP contribution < -0.4 is 10.1 Å². The van der Waals surface area contributed by atoms with Crippen LogP contribution in [-0.4, -0.2) is 48.4 Å². The summed E-state index contributed by atoms with van der Waals surface area (Å²) in [6.07, 6.45) is 1.83. The zero-order valence-electron chi connectivity index (χ0n) is 22.3. The molecule has 0 spiro atoms. The normalized spacial score (nSPS) is 11.7. The number of sulfonamides is 1. The summed E-state index contributed by atoms with van der Waals surface area (Å²) in [7, 11) is -2.43. The van der Waals surface area contributed by atoms with Gasteiger partial charge in [-0.25, -0.2) is 13.4 Å². The lowest BCUT2D eigenvalue weighted by Gasteiger charge is -2.23. The zero-order chi connectivity index (χ0) is 28.2. The third-order valence-corrected chi connectivity index (χ3v) is 8.04. The van der Waals surface area contributed by atoms with Crippen LogP contribution in [0.4, 0.5) is 5.95 Å². The number of ether oxygens (including phenoxy) is 1. The number of amides is 1. The van der Waals surface area contributed by atoms with Crippen LogP contribution >= 0.6 is 11.6 Å². The van der Waals surface area contributed by atoms with Gasteiger partial charge in [-0.05, 0) is 66.9 Å². The van der Waals surface area contributed by atoms with E-state index in [1.807, 2.05) is 63.4 Å². The van der Waals surface area contributed by atoms with Crippen molar-refractivity contribution in [2.45, 2.75) is 25.7 Å². The molecule has 4 rings (SSSR count). The minimum Gasteiger partial charge on any atom is -0.497 e. The predicted molar refractivity (Wildman–Crippen MR) is 154 cm³/mol. The lowest BCUT2D eigenvalue weighted by Crippen LogP contribution is -2.40. The summed E-state index contributed by atoms with van der Waals surface area (Å²) in [5, 5.41) is 3.44. The number of hydrogen-bond donors (Lipinski definition) is 1. The Labute approximate surface area is 234 Å². The lowest BCUT2D eigenvalue weighted by molar-refractivity contribution is -0.116. The van der Waals surface area contributed by atoms with Crippen LogP contribution in [0.2, 0.25) is 5.02 Å². The van der Waals surface area contributed by atoms with E-state index >= 15 is 0 Å². The molecule has 1 amide bonds. The van der Waals surface area contributed by atoms with Gasteiger partial charge in [-0.15, -0.1) is 0 Å². The van der Waals surface area contributed by atoms with Crippen molar-refractivity contribution in [3.05, 3.63) is 89.6 Å². The number of imidazole rings is 1. The molecule has 0 radical (unpaired) electrons. The minimum atomic E-state index is -3.94. The maximum absolute atomic E-state index is 13.5. The molecule has 204 valence electrons. The number of rotatable bonds is 10. The fourth-order valence-electron chi connectivity index (χ4n) is 4.08. The van der Waals surface area contributed by atoms with E-state index in [2.05, 4.69) is 10.3 Å². The number of aromatic nitrogens is 2. The Morgan fingerprint density at radius 1 is 1.08 bits per heavy atom. The summed E-state index contributed by atoms with van der Waals surface area (Å²) >= 11 is 6.06. The highest BCUT2D eigenvalue weighted by molar-refractivity contribution is 7.89. The van der Waals surface area contributed by atoms with E-state index in [1.54, 1.807) is 28.8 Å². The van der Waals surface area contributed by atoms with E-state index in [0.717, 1.165) is 16.8 Å². The van der Waals surface area contributed by atoms with Gasteiger partial charge in [0, 0.05) is 29.0 Å². The molecule has 3 aromatic carbocycles. The summed E-state index contributed by atoms with van der Waals surface area (Å²) in [4.78, 5) is 18.1. The third kappa shape index (κ3) is 6.86. The summed E-state index contributed by atoms with van der Waals surface area (Å²) in [6.45, 7) is 5.58. The molecule has 0 saturated heterocycles. The average molecular weight is 567 g/mol. The quantitative estimate of drug-likeness (QED) is 0.262. The number of nitrogens with one attached hydrogen (secondary N) is 1. The number of hydrogen-bond acceptors (Lipinski definition) is 5. The smallest absolute Gasteiger partial charge is 0.243 e. The van der Waals surface area contributed by atoms with Crippen LogP contribution in [0.15, 0.2) is 83.9 Å². The molecule has 0 fully saturated rings. The van der Waals surface area contributed by atoms with Gasteiger partial charge >= 0.3 is 0 Å². The number of aryl methyl sites for hydroxylation is 1. The van der Waals surface area contributed by atoms with Crippen LogP contribution in [0.5, 0.6) is 5.75 Å². The first-order valence-electron chi connectivity index (χ1n) is 12.4. The molecule has 10 heteroatoms. The van der Waals surface area contributed by atoms with Gasteiger partial charge in [0.2, 0.25) is 21.9 Å². The first-order chi connectivity index (χ1) is 18.6. The van der Waals surface area contributed by atoms with Crippen molar-refractivity contribution in [3.8, 4) is 22.7 Å². The first-order valence-corrected chi connectivity index (χ1v) is 14.2. The molecular formula is C29H31ClN4O4S. The SMILES string of the molecule is COc1ccc(S(=O)(=O)N(CC(=O)Nc2nc(-c3ccc(Cl)cc3)cn2-c2cccc(C)c2)CC(C)C)cc1. The fraction of sp³-hybridized carbons (Fsp3) is 0.241. The Morgan fingerprint density at radius 3 is 2.38 bits per heavy atom. The summed E-state index contributed by atoms with van der Waals surface area (Å²) in [5.41, 5.74) is 3.31. The van der Waals surface area contributed by atoms with Crippen LogP contribution in [-0.2, 0) is 14.8 Å². The molecule has 1 aromatic heterocycles. The Bertz CT molecular complexity index is 1550. The van der Waals surface area contributed by atoms with Crippen molar-refractivity contribution < 1.29 is 17.9 Å². The van der Waals surface area contributed by atoms with E-state index in [1.165, 1.54) is 23.5 Å². The molecule has 0 aliphatic carbocycles. The summed E-state index contributed by atoms with van der Waals surface area (Å²) in [6, 6.07) is 21.1. The molecule has 0 unspecified atom stereocenters. The number of halogens is 1. The van der Waals surface area contributed by atoms with Gasteiger partial charge in [-0.1, -0.05) is 49.7 Å². The van der Waals surface area contributed by atoms with Gasteiger partial charge in [-0.3, -0.25) is 14.7 Å². The third-order valence-electron chi connectivity index (χ3n) is 5.96. The Kier molecular flexibility index (Phi) is 8.74. The van der Waals surface area contributed by atoms with Crippen LogP contribution in [0, 0.1) is 12.8 Å². The Balaban J connectivity index is 1.65. The van der Waals surface area contributed by atoms with E-state index in [0.29, 0.717) is 16.5 Å². The van der Waals surface area contributed by atoms with Gasteiger partial charge in [0.1, 0.15) is 5.75 Å². The van der Waals surface area contributed by atoms with Gasteiger partial charge in [0.15, 0.2) is 0 Å². The topological polar surface area (TPSA) is 93.5 Å². The molecule has 0 aliphatic heterocycles. The molecule has 0 bridgehead atoms. The molecule has 39 heavy (non-hydrogen) atoms. The molecule has 1 N–H and O–H groups in total. The Hall–Kier alpha value is -3.66. The second-order valence-corrected chi connectivity index (χ2v) is 12.0. The standard InChI is InChI=1S/C29H31ClN4O4S/c1-20(2)17-33(39(36,37)26-14-12-25(38-4)13-15-26)19-28(35)32-29-31-27(22-8-10-23(30)11-9-22)18-34(29)24-7-5-6-21(3)16-24/h5-16,18,20H,17,19H2,1-4H3,(H,31,32,35).